The molecule has 1 atom stereocenters. The fourth-order valence-corrected chi connectivity index (χ4v) is 2.68. The fourth-order valence-electron chi connectivity index (χ4n) is 1.16. The Morgan fingerprint density at radius 2 is 1.88 bits per heavy atom. The second-order valence-electron chi connectivity index (χ2n) is 3.50. The van der Waals surface area contributed by atoms with Gasteiger partial charge in [-0.2, -0.15) is 13.2 Å². The Hall–Kier alpha value is -0.340. The summed E-state index contributed by atoms with van der Waals surface area (Å²) in [6.45, 7) is 0.976. The van der Waals surface area contributed by atoms with Gasteiger partial charge in [-0.3, -0.25) is 0 Å². The van der Waals surface area contributed by atoms with Crippen molar-refractivity contribution in [1.29, 1.82) is 0 Å². The maximum absolute atomic E-state index is 11.9. The summed E-state index contributed by atoms with van der Waals surface area (Å²) in [5.41, 5.74) is 5.26. The molecule has 1 unspecified atom stereocenters. The Kier molecular flexibility index (Phi) is 5.71. The van der Waals surface area contributed by atoms with Crippen LogP contribution in [0.5, 0.6) is 0 Å². The summed E-state index contributed by atoms with van der Waals surface area (Å²) in [5.74, 6) is 0. The van der Waals surface area contributed by atoms with Crippen molar-refractivity contribution >= 4 is 10.0 Å². The minimum Gasteiger partial charge on any atom is -0.329 e. The minimum atomic E-state index is -4.35. The zero-order valence-electron chi connectivity index (χ0n) is 9.29. The second kappa shape index (κ2) is 5.83. The quantitative estimate of drug-likeness (QED) is 0.774. The van der Waals surface area contributed by atoms with Crippen LogP contribution in [0.4, 0.5) is 13.2 Å². The Bertz CT molecular complexity index is 299. The molecule has 0 bridgehead atoms. The van der Waals surface area contributed by atoms with E-state index in [2.05, 4.69) is 0 Å². The summed E-state index contributed by atoms with van der Waals surface area (Å²) in [6.07, 6.45) is -5.22. The molecule has 0 fully saturated rings. The molecule has 0 radical (unpaired) electrons. The molecule has 0 aromatic heterocycles. The summed E-state index contributed by atoms with van der Waals surface area (Å²) in [4.78, 5) is 0. The smallest absolute Gasteiger partial charge is 0.329 e. The molecular formula is C8H17F3N2O2S. The number of nitrogens with zero attached hydrogens (tertiary/aromatic N) is 1. The average molecular weight is 262 g/mol. The highest BCUT2D eigenvalue weighted by Gasteiger charge is 2.32. The monoisotopic (exact) mass is 262 g/mol. The van der Waals surface area contributed by atoms with Gasteiger partial charge in [0.15, 0.2) is 0 Å². The van der Waals surface area contributed by atoms with E-state index in [0.717, 1.165) is 11.4 Å². The highest BCUT2D eigenvalue weighted by molar-refractivity contribution is 7.89. The molecule has 0 aliphatic heterocycles. The number of sulfonamides is 1. The molecule has 98 valence electrons. The second-order valence-corrected chi connectivity index (χ2v) is 5.82. The topological polar surface area (TPSA) is 63.4 Å². The van der Waals surface area contributed by atoms with Gasteiger partial charge in [0.25, 0.3) is 0 Å². The van der Waals surface area contributed by atoms with Gasteiger partial charge in [0.05, 0.1) is 11.7 Å². The van der Waals surface area contributed by atoms with Gasteiger partial charge in [0.2, 0.25) is 10.0 Å². The third kappa shape index (κ3) is 4.67. The summed E-state index contributed by atoms with van der Waals surface area (Å²) in [6, 6.07) is 0. The number of nitrogens with two attached hydrogens (primary N) is 1. The third-order valence-corrected chi connectivity index (χ3v) is 4.70. The average Bonchev–Trinajstić information content (AvgIpc) is 2.14. The van der Waals surface area contributed by atoms with Crippen molar-refractivity contribution in [2.24, 2.45) is 5.73 Å². The molecular weight excluding hydrogens is 245 g/mol. The van der Waals surface area contributed by atoms with Gasteiger partial charge in [-0.15, -0.1) is 0 Å². The molecule has 4 nitrogen and oxygen atoms in total. The number of hydrogen-bond donors (Lipinski definition) is 1. The molecule has 0 amide bonds. The largest absolute Gasteiger partial charge is 0.390 e. The normalized spacial score (nSPS) is 15.4. The Morgan fingerprint density at radius 3 is 2.19 bits per heavy atom. The van der Waals surface area contributed by atoms with E-state index in [-0.39, 0.29) is 13.0 Å². The molecule has 0 rings (SSSR count). The molecule has 0 saturated carbocycles. The molecule has 0 aromatic carbocycles. The highest BCUT2D eigenvalue weighted by Crippen LogP contribution is 2.21. The van der Waals surface area contributed by atoms with E-state index in [4.69, 9.17) is 5.73 Å². The summed E-state index contributed by atoms with van der Waals surface area (Å²) < 4.78 is 59.9. The minimum absolute atomic E-state index is 0.0881. The lowest BCUT2D eigenvalue weighted by atomic mass is 10.3. The van der Waals surface area contributed by atoms with Gasteiger partial charge in [-0.05, 0) is 6.42 Å². The van der Waals surface area contributed by atoms with Gasteiger partial charge >= 0.3 is 6.18 Å². The van der Waals surface area contributed by atoms with Gasteiger partial charge in [0, 0.05) is 20.1 Å². The predicted octanol–water partition coefficient (Wildman–Crippen LogP) is 0.938. The van der Waals surface area contributed by atoms with Crippen LogP contribution in [0.25, 0.3) is 0 Å². The molecule has 16 heavy (non-hydrogen) atoms. The molecule has 0 aromatic rings. The number of hydrogen-bond acceptors (Lipinski definition) is 3. The molecule has 0 heterocycles. The maximum atomic E-state index is 11.9. The van der Waals surface area contributed by atoms with Crippen LogP contribution in [0.15, 0.2) is 0 Å². The van der Waals surface area contributed by atoms with Gasteiger partial charge in [-0.1, -0.05) is 6.92 Å². The van der Waals surface area contributed by atoms with E-state index in [1.54, 1.807) is 6.92 Å². The zero-order valence-corrected chi connectivity index (χ0v) is 10.1. The third-order valence-electron chi connectivity index (χ3n) is 2.28. The van der Waals surface area contributed by atoms with E-state index in [0.29, 0.717) is 0 Å². The maximum Gasteiger partial charge on any atom is 0.390 e. The van der Waals surface area contributed by atoms with Crippen LogP contribution < -0.4 is 5.73 Å². The van der Waals surface area contributed by atoms with E-state index < -0.39 is 34.4 Å². The van der Waals surface area contributed by atoms with Crippen LogP contribution in [0.3, 0.4) is 0 Å². The lowest BCUT2D eigenvalue weighted by Crippen LogP contribution is -2.41. The van der Waals surface area contributed by atoms with Crippen molar-refractivity contribution in [3.63, 3.8) is 0 Å². The molecule has 8 heteroatoms. The Labute approximate surface area is 93.7 Å². The molecule has 0 saturated heterocycles. The Balaban J connectivity index is 4.53. The molecule has 0 spiro atoms. The molecule has 2 N–H and O–H groups in total. The van der Waals surface area contributed by atoms with E-state index in [1.165, 1.54) is 0 Å². The standard InChI is InChI=1S/C8H17F3N2O2S/c1-3-7(6-12)16(14,15)13(2)5-4-8(9,10)11/h7H,3-6,12H2,1-2H3. The number of rotatable bonds is 6. The van der Waals surface area contributed by atoms with Gasteiger partial charge in [-0.25, -0.2) is 12.7 Å². The van der Waals surface area contributed by atoms with Crippen molar-refractivity contribution < 1.29 is 21.6 Å². The van der Waals surface area contributed by atoms with E-state index in [1.807, 2.05) is 0 Å². The van der Waals surface area contributed by atoms with Crippen LogP contribution >= 0.6 is 0 Å². The van der Waals surface area contributed by atoms with Crippen LogP contribution in [0.2, 0.25) is 0 Å². The lowest BCUT2D eigenvalue weighted by molar-refractivity contribution is -0.135. The zero-order chi connectivity index (χ0) is 13.0. The predicted molar refractivity (Wildman–Crippen MR) is 55.4 cm³/mol. The van der Waals surface area contributed by atoms with Crippen LogP contribution in [-0.2, 0) is 10.0 Å². The molecule has 0 aliphatic carbocycles. The van der Waals surface area contributed by atoms with Crippen LogP contribution in [0.1, 0.15) is 19.8 Å². The van der Waals surface area contributed by atoms with Gasteiger partial charge < -0.3 is 5.73 Å². The Morgan fingerprint density at radius 1 is 1.38 bits per heavy atom. The van der Waals surface area contributed by atoms with Crippen LogP contribution in [-0.4, -0.2) is 44.3 Å². The first kappa shape index (κ1) is 15.7. The lowest BCUT2D eigenvalue weighted by Gasteiger charge is -2.23. The number of halogens is 3. The van der Waals surface area contributed by atoms with E-state index >= 15 is 0 Å². The van der Waals surface area contributed by atoms with Gasteiger partial charge in [0.1, 0.15) is 0 Å². The van der Waals surface area contributed by atoms with Crippen molar-refractivity contribution in [2.45, 2.75) is 31.2 Å². The van der Waals surface area contributed by atoms with Crippen LogP contribution in [0, 0.1) is 0 Å². The van der Waals surface area contributed by atoms with Crippen molar-refractivity contribution in [3.8, 4) is 0 Å². The van der Waals surface area contributed by atoms with Crippen molar-refractivity contribution in [2.75, 3.05) is 20.1 Å². The van der Waals surface area contributed by atoms with E-state index in [9.17, 15) is 21.6 Å². The highest BCUT2D eigenvalue weighted by atomic mass is 32.2. The van der Waals surface area contributed by atoms with Crippen molar-refractivity contribution in [1.82, 2.24) is 4.31 Å². The fraction of sp³-hybridized carbons (Fsp3) is 1.00. The number of alkyl halides is 3. The first-order valence-electron chi connectivity index (χ1n) is 4.87. The molecule has 0 aliphatic rings. The SMILES string of the molecule is CCC(CN)S(=O)(=O)N(C)CCC(F)(F)F. The first-order valence-corrected chi connectivity index (χ1v) is 6.37. The summed E-state index contributed by atoms with van der Waals surface area (Å²) in [7, 11) is -2.58. The summed E-state index contributed by atoms with van der Waals surface area (Å²) >= 11 is 0. The first-order chi connectivity index (χ1) is 7.15. The van der Waals surface area contributed by atoms with Crippen molar-refractivity contribution in [3.05, 3.63) is 0 Å². The summed E-state index contributed by atoms with van der Waals surface area (Å²) in [5, 5.41) is -0.814.